The Balaban J connectivity index is 0.00000108. The molecule has 0 fully saturated rings. The Morgan fingerprint density at radius 3 is 2.53 bits per heavy atom. The largest absolute Gasteiger partial charge is 0.359 e. The first kappa shape index (κ1) is 12.1. The van der Waals surface area contributed by atoms with E-state index in [1.165, 1.54) is 0 Å². The molecular weight excluding hydrogens is 296 g/mol. The summed E-state index contributed by atoms with van der Waals surface area (Å²) in [6.45, 7) is 0. The van der Waals surface area contributed by atoms with Crippen molar-refractivity contribution in [3.8, 4) is 22.0 Å². The van der Waals surface area contributed by atoms with Gasteiger partial charge >= 0.3 is 0 Å². The van der Waals surface area contributed by atoms with E-state index < -0.39 is 0 Å². The van der Waals surface area contributed by atoms with Crippen LogP contribution >= 0.6 is 28.3 Å². The molecule has 0 aliphatic heterocycles. The van der Waals surface area contributed by atoms with E-state index in [1.807, 2.05) is 36.5 Å². The van der Waals surface area contributed by atoms with Crippen LogP contribution in [0.25, 0.3) is 22.0 Å². The minimum Gasteiger partial charge on any atom is -0.359 e. The van der Waals surface area contributed by atoms with Gasteiger partial charge in [-0.1, -0.05) is 30.3 Å². The summed E-state index contributed by atoms with van der Waals surface area (Å²) in [4.78, 5) is 7.78. The van der Waals surface area contributed by atoms with Crippen LogP contribution < -0.4 is 0 Å². The van der Waals surface area contributed by atoms with E-state index >= 15 is 0 Å². The lowest BCUT2D eigenvalue weighted by molar-refractivity contribution is 1.34. The van der Waals surface area contributed by atoms with Crippen LogP contribution in [0.4, 0.5) is 0 Å². The predicted octanol–water partition coefficient (Wildman–Crippen LogP) is 4.38. The number of hydrogen-bond donors (Lipinski definition) is 1. The summed E-state index contributed by atoms with van der Waals surface area (Å²) in [6, 6.07) is 14.3. The van der Waals surface area contributed by atoms with Crippen LogP contribution in [0.5, 0.6) is 0 Å². The van der Waals surface area contributed by atoms with E-state index in [1.54, 1.807) is 11.3 Å². The lowest BCUT2D eigenvalue weighted by atomic mass is 10.2. The molecule has 0 radical (unpaired) electrons. The first-order chi connectivity index (χ1) is 7.93. The number of benzene rings is 1. The van der Waals surface area contributed by atoms with E-state index in [2.05, 4.69) is 27.5 Å². The molecule has 0 aliphatic rings. The van der Waals surface area contributed by atoms with Crippen LogP contribution in [-0.4, -0.2) is 9.97 Å². The summed E-state index contributed by atoms with van der Waals surface area (Å²) >= 11 is 1.66. The highest BCUT2D eigenvalue weighted by molar-refractivity contribution is 8.93. The molecule has 0 saturated heterocycles. The Hall–Kier alpha value is -1.39. The SMILES string of the molecule is Br.c1ccc(-c2csc(-c3ccc[nH]3)n2)cc1. The normalized spacial score (nSPS) is 9.88. The van der Waals surface area contributed by atoms with Gasteiger partial charge in [-0.3, -0.25) is 0 Å². The first-order valence-corrected chi connectivity index (χ1v) is 5.96. The number of aromatic nitrogens is 2. The molecule has 0 bridgehead atoms. The van der Waals surface area contributed by atoms with Crippen molar-refractivity contribution >= 4 is 28.3 Å². The van der Waals surface area contributed by atoms with Gasteiger partial charge in [-0.2, -0.15) is 0 Å². The maximum Gasteiger partial charge on any atom is 0.140 e. The zero-order chi connectivity index (χ0) is 10.8. The van der Waals surface area contributed by atoms with Crippen molar-refractivity contribution in [2.24, 2.45) is 0 Å². The van der Waals surface area contributed by atoms with Crippen LogP contribution in [-0.2, 0) is 0 Å². The van der Waals surface area contributed by atoms with Crippen molar-refractivity contribution < 1.29 is 0 Å². The average molecular weight is 307 g/mol. The maximum atomic E-state index is 4.61. The van der Waals surface area contributed by atoms with Gasteiger partial charge in [-0.15, -0.1) is 28.3 Å². The topological polar surface area (TPSA) is 28.7 Å². The number of nitrogens with one attached hydrogen (secondary N) is 1. The third-order valence-electron chi connectivity index (χ3n) is 2.40. The van der Waals surface area contributed by atoms with Crippen LogP contribution in [0.3, 0.4) is 0 Å². The third-order valence-corrected chi connectivity index (χ3v) is 3.28. The number of H-pyrrole nitrogens is 1. The minimum atomic E-state index is 0. The monoisotopic (exact) mass is 306 g/mol. The molecule has 86 valence electrons. The highest BCUT2D eigenvalue weighted by Crippen LogP contribution is 2.27. The number of halogens is 1. The molecule has 2 nitrogen and oxygen atoms in total. The fourth-order valence-corrected chi connectivity index (χ4v) is 2.42. The van der Waals surface area contributed by atoms with Crippen molar-refractivity contribution in [3.05, 3.63) is 54.0 Å². The average Bonchev–Trinajstić information content (AvgIpc) is 3.01. The van der Waals surface area contributed by atoms with Crippen molar-refractivity contribution in [1.29, 1.82) is 0 Å². The van der Waals surface area contributed by atoms with Gasteiger partial charge in [0.05, 0.1) is 11.4 Å². The van der Waals surface area contributed by atoms with E-state index in [-0.39, 0.29) is 17.0 Å². The van der Waals surface area contributed by atoms with E-state index in [0.717, 1.165) is 22.0 Å². The number of aromatic amines is 1. The number of hydrogen-bond acceptors (Lipinski definition) is 2. The molecule has 0 aliphatic carbocycles. The smallest absolute Gasteiger partial charge is 0.140 e. The molecule has 0 unspecified atom stereocenters. The van der Waals surface area contributed by atoms with E-state index in [0.29, 0.717) is 0 Å². The van der Waals surface area contributed by atoms with Crippen molar-refractivity contribution in [2.45, 2.75) is 0 Å². The Labute approximate surface area is 114 Å². The lowest BCUT2D eigenvalue weighted by Gasteiger charge is -1.94. The molecule has 3 rings (SSSR count). The van der Waals surface area contributed by atoms with Gasteiger partial charge in [-0.05, 0) is 12.1 Å². The second-order valence-corrected chi connectivity index (χ2v) is 4.35. The first-order valence-electron chi connectivity index (χ1n) is 5.08. The summed E-state index contributed by atoms with van der Waals surface area (Å²) in [5.41, 5.74) is 3.28. The minimum absolute atomic E-state index is 0. The van der Waals surface area contributed by atoms with Gasteiger partial charge in [0.2, 0.25) is 0 Å². The molecule has 0 atom stereocenters. The molecule has 4 heteroatoms. The maximum absolute atomic E-state index is 4.61. The zero-order valence-corrected chi connectivity index (χ0v) is 11.5. The van der Waals surface area contributed by atoms with Crippen molar-refractivity contribution in [3.63, 3.8) is 0 Å². The highest BCUT2D eigenvalue weighted by Gasteiger charge is 2.05. The molecule has 0 spiro atoms. The van der Waals surface area contributed by atoms with Crippen molar-refractivity contribution in [2.75, 3.05) is 0 Å². The number of nitrogens with zero attached hydrogens (tertiary/aromatic N) is 1. The lowest BCUT2D eigenvalue weighted by Crippen LogP contribution is -1.78. The molecule has 0 saturated carbocycles. The zero-order valence-electron chi connectivity index (χ0n) is 8.96. The molecule has 2 aromatic heterocycles. The summed E-state index contributed by atoms with van der Waals surface area (Å²) in [7, 11) is 0. The van der Waals surface area contributed by atoms with Gasteiger partial charge < -0.3 is 4.98 Å². The van der Waals surface area contributed by atoms with Gasteiger partial charge in [0, 0.05) is 17.1 Å². The molecule has 1 N–H and O–H groups in total. The van der Waals surface area contributed by atoms with Crippen LogP contribution in [0.1, 0.15) is 0 Å². The summed E-state index contributed by atoms with van der Waals surface area (Å²) in [5, 5.41) is 3.12. The second kappa shape index (κ2) is 5.29. The van der Waals surface area contributed by atoms with Gasteiger partial charge in [0.25, 0.3) is 0 Å². The van der Waals surface area contributed by atoms with Crippen LogP contribution in [0.15, 0.2) is 54.0 Å². The predicted molar refractivity (Wildman–Crippen MR) is 77.7 cm³/mol. The molecular formula is C13H11BrN2S. The molecule has 2 heterocycles. The molecule has 1 aromatic carbocycles. The summed E-state index contributed by atoms with van der Waals surface area (Å²) in [6.07, 6.45) is 1.92. The van der Waals surface area contributed by atoms with Crippen LogP contribution in [0, 0.1) is 0 Å². The van der Waals surface area contributed by atoms with E-state index in [9.17, 15) is 0 Å². The Morgan fingerprint density at radius 2 is 1.82 bits per heavy atom. The number of rotatable bonds is 2. The Kier molecular flexibility index (Phi) is 3.76. The fraction of sp³-hybridized carbons (Fsp3) is 0. The van der Waals surface area contributed by atoms with Crippen molar-refractivity contribution in [1.82, 2.24) is 9.97 Å². The molecule has 0 amide bonds. The highest BCUT2D eigenvalue weighted by atomic mass is 79.9. The fourth-order valence-electron chi connectivity index (χ4n) is 1.60. The van der Waals surface area contributed by atoms with Crippen LogP contribution in [0.2, 0.25) is 0 Å². The quantitative estimate of drug-likeness (QED) is 0.747. The molecule has 3 aromatic rings. The summed E-state index contributed by atoms with van der Waals surface area (Å²) < 4.78 is 0. The Morgan fingerprint density at radius 1 is 1.00 bits per heavy atom. The summed E-state index contributed by atoms with van der Waals surface area (Å²) in [5.74, 6) is 0. The molecule has 17 heavy (non-hydrogen) atoms. The van der Waals surface area contributed by atoms with Gasteiger partial charge in [0.15, 0.2) is 0 Å². The van der Waals surface area contributed by atoms with E-state index in [4.69, 9.17) is 0 Å². The standard InChI is InChI=1S/C13H10N2S.BrH/c1-2-5-10(6-3-1)12-9-16-13(15-12)11-7-4-8-14-11;/h1-9,14H;1H. The van der Waals surface area contributed by atoms with Gasteiger partial charge in [0.1, 0.15) is 5.01 Å². The third kappa shape index (κ3) is 2.48. The Bertz CT molecular complexity index is 573. The number of thiazole rings is 1. The van der Waals surface area contributed by atoms with Gasteiger partial charge in [-0.25, -0.2) is 4.98 Å². The second-order valence-electron chi connectivity index (χ2n) is 3.49.